The molecule has 3 heterocycles. The van der Waals surface area contributed by atoms with E-state index in [4.69, 9.17) is 0 Å². The maximum Gasteiger partial charge on any atom is 0.0456 e. The quantitative estimate of drug-likeness (QED) is 0.567. The molecule has 2 aromatic heterocycles. The molecular formula is C22H23N3S. The zero-order valence-electron chi connectivity index (χ0n) is 14.8. The number of benzene rings is 2. The number of nitrogens with zero attached hydrogens (tertiary/aromatic N) is 2. The lowest BCUT2D eigenvalue weighted by molar-refractivity contribution is 0.261. The number of aromatic amines is 1. The van der Waals surface area contributed by atoms with Gasteiger partial charge in [0.25, 0.3) is 0 Å². The predicted molar refractivity (Wildman–Crippen MR) is 112 cm³/mol. The van der Waals surface area contributed by atoms with E-state index < -0.39 is 0 Å². The van der Waals surface area contributed by atoms with Crippen molar-refractivity contribution >= 4 is 38.0 Å². The average Bonchev–Trinajstić information content (AvgIpc) is 3.33. The van der Waals surface area contributed by atoms with Gasteiger partial charge in [0.2, 0.25) is 0 Å². The van der Waals surface area contributed by atoms with Crippen LogP contribution in [0.2, 0.25) is 0 Å². The highest BCUT2D eigenvalue weighted by Crippen LogP contribution is 2.31. The second-order valence-electron chi connectivity index (χ2n) is 7.05. The molecule has 5 rings (SSSR count). The van der Waals surface area contributed by atoms with Crippen LogP contribution in [0.15, 0.2) is 60.1 Å². The standard InChI is InChI=1S/C22H23N3S/c1-2-5-20-18(4-1)17(16-23-20)8-10-24-11-13-25(14-12-24)21-6-3-7-22-19(21)9-15-26-22/h1-7,9,15-16,23H,8,10-14H2. The van der Waals surface area contributed by atoms with E-state index in [2.05, 4.69) is 74.9 Å². The summed E-state index contributed by atoms with van der Waals surface area (Å²) in [5.74, 6) is 0. The van der Waals surface area contributed by atoms with E-state index >= 15 is 0 Å². The van der Waals surface area contributed by atoms with Crippen molar-refractivity contribution in [1.29, 1.82) is 0 Å². The number of fused-ring (bicyclic) bond motifs is 2. The van der Waals surface area contributed by atoms with Gasteiger partial charge in [-0.15, -0.1) is 11.3 Å². The van der Waals surface area contributed by atoms with Gasteiger partial charge in [-0.2, -0.15) is 0 Å². The summed E-state index contributed by atoms with van der Waals surface area (Å²) in [6.45, 7) is 5.65. The number of hydrogen-bond donors (Lipinski definition) is 1. The molecule has 0 aliphatic carbocycles. The molecule has 0 bridgehead atoms. The highest BCUT2D eigenvalue weighted by Gasteiger charge is 2.19. The van der Waals surface area contributed by atoms with Crippen LogP contribution in [-0.2, 0) is 6.42 Å². The smallest absolute Gasteiger partial charge is 0.0456 e. The molecule has 0 unspecified atom stereocenters. The van der Waals surface area contributed by atoms with Crippen molar-refractivity contribution in [3.05, 3.63) is 65.7 Å². The summed E-state index contributed by atoms with van der Waals surface area (Å²) in [4.78, 5) is 8.55. The molecule has 1 N–H and O–H groups in total. The minimum atomic E-state index is 1.11. The van der Waals surface area contributed by atoms with Gasteiger partial charge in [0.05, 0.1) is 0 Å². The van der Waals surface area contributed by atoms with Crippen LogP contribution in [0.3, 0.4) is 0 Å². The molecule has 0 spiro atoms. The number of hydrogen-bond acceptors (Lipinski definition) is 3. The lowest BCUT2D eigenvalue weighted by Crippen LogP contribution is -2.47. The van der Waals surface area contributed by atoms with Crippen LogP contribution < -0.4 is 4.90 Å². The number of para-hydroxylation sites is 1. The van der Waals surface area contributed by atoms with Gasteiger partial charge in [0, 0.05) is 65.6 Å². The largest absolute Gasteiger partial charge is 0.368 e. The zero-order valence-corrected chi connectivity index (χ0v) is 15.6. The van der Waals surface area contributed by atoms with Crippen molar-refractivity contribution in [2.45, 2.75) is 6.42 Å². The second-order valence-corrected chi connectivity index (χ2v) is 8.00. The summed E-state index contributed by atoms with van der Waals surface area (Å²) < 4.78 is 1.39. The Balaban J connectivity index is 1.23. The molecule has 0 atom stereocenters. The highest BCUT2D eigenvalue weighted by atomic mass is 32.1. The first-order valence-electron chi connectivity index (χ1n) is 9.37. The van der Waals surface area contributed by atoms with Gasteiger partial charge in [0.15, 0.2) is 0 Å². The Morgan fingerprint density at radius 2 is 1.77 bits per heavy atom. The summed E-state index contributed by atoms with van der Waals surface area (Å²) >= 11 is 1.83. The number of thiophene rings is 1. The first-order valence-corrected chi connectivity index (χ1v) is 10.2. The lowest BCUT2D eigenvalue weighted by Gasteiger charge is -2.36. The zero-order chi connectivity index (χ0) is 17.3. The Morgan fingerprint density at radius 3 is 2.69 bits per heavy atom. The first kappa shape index (κ1) is 15.9. The van der Waals surface area contributed by atoms with E-state index in [1.807, 2.05) is 11.3 Å². The van der Waals surface area contributed by atoms with Crippen molar-refractivity contribution < 1.29 is 0 Å². The normalized spacial score (nSPS) is 15.9. The summed E-state index contributed by atoms with van der Waals surface area (Å²) in [5.41, 5.74) is 4.09. The van der Waals surface area contributed by atoms with E-state index in [0.717, 1.165) is 39.1 Å². The molecule has 3 nitrogen and oxygen atoms in total. The van der Waals surface area contributed by atoms with Crippen LogP contribution in [-0.4, -0.2) is 42.6 Å². The van der Waals surface area contributed by atoms with Gasteiger partial charge in [-0.25, -0.2) is 0 Å². The monoisotopic (exact) mass is 361 g/mol. The first-order chi connectivity index (χ1) is 12.9. The minimum absolute atomic E-state index is 1.11. The summed E-state index contributed by atoms with van der Waals surface area (Å²) in [6.07, 6.45) is 3.29. The van der Waals surface area contributed by atoms with Crippen molar-refractivity contribution in [2.75, 3.05) is 37.6 Å². The van der Waals surface area contributed by atoms with E-state index in [-0.39, 0.29) is 0 Å². The number of aromatic nitrogens is 1. The molecule has 132 valence electrons. The van der Waals surface area contributed by atoms with Crippen molar-refractivity contribution in [2.24, 2.45) is 0 Å². The van der Waals surface area contributed by atoms with Crippen molar-refractivity contribution in [3.8, 4) is 0 Å². The average molecular weight is 362 g/mol. The summed E-state index contributed by atoms with van der Waals surface area (Å²) in [5, 5.41) is 4.98. The molecule has 1 aliphatic heterocycles. The van der Waals surface area contributed by atoms with Gasteiger partial charge in [-0.05, 0) is 41.6 Å². The molecule has 1 saturated heterocycles. The Kier molecular flexibility index (Phi) is 4.15. The minimum Gasteiger partial charge on any atom is -0.368 e. The third kappa shape index (κ3) is 2.89. The third-order valence-corrected chi connectivity index (χ3v) is 6.44. The van der Waals surface area contributed by atoms with Gasteiger partial charge < -0.3 is 9.88 Å². The number of rotatable bonds is 4. The Bertz CT molecular complexity index is 1020. The molecule has 0 radical (unpaired) electrons. The van der Waals surface area contributed by atoms with E-state index in [1.54, 1.807) is 0 Å². The molecular weight excluding hydrogens is 338 g/mol. The topological polar surface area (TPSA) is 22.3 Å². The van der Waals surface area contributed by atoms with E-state index in [9.17, 15) is 0 Å². The fraction of sp³-hybridized carbons (Fsp3) is 0.273. The molecule has 0 saturated carbocycles. The predicted octanol–water partition coefficient (Wildman–Crippen LogP) is 4.75. The third-order valence-electron chi connectivity index (χ3n) is 5.56. The van der Waals surface area contributed by atoms with Crippen LogP contribution in [0.5, 0.6) is 0 Å². The SMILES string of the molecule is c1ccc2c(CCN3CCN(c4cccc5sccc45)CC3)c[nH]c2c1. The van der Waals surface area contributed by atoms with Crippen molar-refractivity contribution in [1.82, 2.24) is 9.88 Å². The van der Waals surface area contributed by atoms with Crippen molar-refractivity contribution in [3.63, 3.8) is 0 Å². The summed E-state index contributed by atoms with van der Waals surface area (Å²) in [7, 11) is 0. The van der Waals surface area contributed by atoms with Crippen LogP contribution in [0.25, 0.3) is 21.0 Å². The van der Waals surface area contributed by atoms with Gasteiger partial charge in [0.1, 0.15) is 0 Å². The van der Waals surface area contributed by atoms with E-state index in [0.29, 0.717) is 0 Å². The maximum absolute atomic E-state index is 3.39. The number of piperazine rings is 1. The maximum atomic E-state index is 3.39. The Labute approximate surface area is 157 Å². The van der Waals surface area contributed by atoms with Gasteiger partial charge >= 0.3 is 0 Å². The van der Waals surface area contributed by atoms with Crippen LogP contribution in [0.1, 0.15) is 5.56 Å². The molecule has 4 heteroatoms. The molecule has 26 heavy (non-hydrogen) atoms. The fourth-order valence-corrected chi connectivity index (χ4v) is 4.89. The lowest BCUT2D eigenvalue weighted by atomic mass is 10.1. The fourth-order valence-electron chi connectivity index (χ4n) is 4.08. The van der Waals surface area contributed by atoms with Gasteiger partial charge in [-0.1, -0.05) is 24.3 Å². The van der Waals surface area contributed by atoms with E-state index in [1.165, 1.54) is 32.2 Å². The molecule has 4 aromatic rings. The molecule has 1 aliphatic rings. The van der Waals surface area contributed by atoms with Crippen LogP contribution in [0, 0.1) is 0 Å². The molecule has 0 amide bonds. The second kappa shape index (κ2) is 6.78. The number of H-pyrrole nitrogens is 1. The Morgan fingerprint density at radius 1 is 0.885 bits per heavy atom. The molecule has 1 fully saturated rings. The Hall–Kier alpha value is -2.30. The van der Waals surface area contributed by atoms with Crippen LogP contribution >= 0.6 is 11.3 Å². The summed E-state index contributed by atoms with van der Waals surface area (Å²) in [6, 6.07) is 17.6. The number of anilines is 1. The highest BCUT2D eigenvalue weighted by molar-refractivity contribution is 7.17. The van der Waals surface area contributed by atoms with Crippen LogP contribution in [0.4, 0.5) is 5.69 Å². The molecule has 2 aromatic carbocycles. The van der Waals surface area contributed by atoms with Gasteiger partial charge in [-0.3, -0.25) is 4.90 Å². The number of nitrogens with one attached hydrogen (secondary N) is 1.